The van der Waals surface area contributed by atoms with Crippen LogP contribution in [0.1, 0.15) is 44.6 Å². The number of rotatable bonds is 4. The van der Waals surface area contributed by atoms with Crippen LogP contribution >= 0.6 is 46.6 Å². The van der Waals surface area contributed by atoms with Gasteiger partial charge in [-0.15, -0.1) is 0 Å². The van der Waals surface area contributed by atoms with Crippen molar-refractivity contribution in [3.8, 4) is 11.5 Å². The highest BCUT2D eigenvalue weighted by atomic mass is 127. The molecule has 0 radical (unpaired) electrons. The minimum absolute atomic E-state index is 0.00273. The molecule has 1 aromatic rings. The fraction of sp³-hybridized carbons (Fsp3) is 0.444. The lowest BCUT2D eigenvalue weighted by molar-refractivity contribution is -0.124. The lowest BCUT2D eigenvalue weighted by atomic mass is 9.94. The molecular weight excluding hydrogens is 469 g/mol. The van der Waals surface area contributed by atoms with E-state index in [-0.39, 0.29) is 17.7 Å². The number of hydrogen-bond acceptors (Lipinski definition) is 5. The maximum atomic E-state index is 12.8. The SMILES string of the molecule is CCOc1cc(/C=C2/SC(=S)N(C3CCCCC3)C2=O)cc(I)c1O. The van der Waals surface area contributed by atoms with Crippen LogP contribution in [0.25, 0.3) is 6.08 Å². The van der Waals surface area contributed by atoms with E-state index in [9.17, 15) is 9.90 Å². The Morgan fingerprint density at radius 3 is 2.80 bits per heavy atom. The van der Waals surface area contributed by atoms with Crippen molar-refractivity contribution in [3.63, 3.8) is 0 Å². The van der Waals surface area contributed by atoms with Crippen molar-refractivity contribution in [2.45, 2.75) is 45.1 Å². The number of thiocarbonyl (C=S) groups is 1. The molecule has 0 spiro atoms. The molecule has 25 heavy (non-hydrogen) atoms. The van der Waals surface area contributed by atoms with Gasteiger partial charge in [-0.1, -0.05) is 43.2 Å². The number of halogens is 1. The Bertz CT molecular complexity index is 729. The van der Waals surface area contributed by atoms with Crippen molar-refractivity contribution in [2.75, 3.05) is 6.61 Å². The van der Waals surface area contributed by atoms with Gasteiger partial charge < -0.3 is 9.84 Å². The number of benzene rings is 1. The standard InChI is InChI=1S/C18H20INO3S2/c1-2-23-14-9-11(8-13(19)16(14)21)10-15-17(22)20(18(24)25-15)12-6-4-3-5-7-12/h8-10,12,21H,2-7H2,1H3/b15-10+. The van der Waals surface area contributed by atoms with Gasteiger partial charge in [0.05, 0.1) is 15.1 Å². The summed E-state index contributed by atoms with van der Waals surface area (Å²) in [4.78, 5) is 15.3. The molecule has 1 heterocycles. The van der Waals surface area contributed by atoms with Crippen molar-refractivity contribution >= 4 is 62.9 Å². The highest BCUT2D eigenvalue weighted by Crippen LogP contribution is 2.39. The summed E-state index contributed by atoms with van der Waals surface area (Å²) >= 11 is 8.89. The Kier molecular flexibility index (Phi) is 6.27. The van der Waals surface area contributed by atoms with Gasteiger partial charge in [0.2, 0.25) is 0 Å². The van der Waals surface area contributed by atoms with Crippen LogP contribution in [0.5, 0.6) is 11.5 Å². The number of thioether (sulfide) groups is 1. The average molecular weight is 489 g/mol. The third-order valence-corrected chi connectivity index (χ3v) is 6.56. The highest BCUT2D eigenvalue weighted by molar-refractivity contribution is 14.1. The Balaban J connectivity index is 1.86. The molecule has 4 nitrogen and oxygen atoms in total. The molecule has 0 atom stereocenters. The number of ether oxygens (including phenoxy) is 1. The zero-order valence-corrected chi connectivity index (χ0v) is 17.7. The van der Waals surface area contributed by atoms with Crippen molar-refractivity contribution in [1.29, 1.82) is 0 Å². The van der Waals surface area contributed by atoms with Crippen molar-refractivity contribution in [3.05, 3.63) is 26.2 Å². The zero-order chi connectivity index (χ0) is 18.0. The number of carbonyl (C=O) groups excluding carboxylic acids is 1. The third-order valence-electron chi connectivity index (χ3n) is 4.41. The minimum Gasteiger partial charge on any atom is -0.504 e. The molecule has 1 aromatic carbocycles. The molecule has 1 aliphatic carbocycles. The number of nitrogens with zero attached hydrogens (tertiary/aromatic N) is 1. The summed E-state index contributed by atoms with van der Waals surface area (Å²) < 4.78 is 6.82. The van der Waals surface area contributed by atoms with E-state index >= 15 is 0 Å². The molecule has 1 amide bonds. The quantitative estimate of drug-likeness (QED) is 0.369. The first kappa shape index (κ1) is 19.0. The molecule has 1 N–H and O–H groups in total. The molecule has 134 valence electrons. The van der Waals surface area contributed by atoms with Gasteiger partial charge in [-0.05, 0) is 66.1 Å². The van der Waals surface area contributed by atoms with Crippen LogP contribution in [0.3, 0.4) is 0 Å². The molecule has 1 aliphatic heterocycles. The van der Waals surface area contributed by atoms with E-state index in [2.05, 4.69) is 22.6 Å². The van der Waals surface area contributed by atoms with Crippen LogP contribution in [0, 0.1) is 3.57 Å². The highest BCUT2D eigenvalue weighted by Gasteiger charge is 2.37. The molecular formula is C18H20INO3S2. The summed E-state index contributed by atoms with van der Waals surface area (Å²) in [7, 11) is 0. The van der Waals surface area contributed by atoms with Gasteiger partial charge in [0.25, 0.3) is 5.91 Å². The predicted molar refractivity (Wildman–Crippen MR) is 114 cm³/mol. The number of aromatic hydroxyl groups is 1. The Labute approximate surface area is 171 Å². The van der Waals surface area contributed by atoms with Gasteiger partial charge in [-0.3, -0.25) is 9.69 Å². The molecule has 1 saturated heterocycles. The van der Waals surface area contributed by atoms with Crippen LogP contribution in [0.15, 0.2) is 17.0 Å². The number of carbonyl (C=O) groups is 1. The summed E-state index contributed by atoms with van der Waals surface area (Å²) in [6.45, 7) is 2.34. The predicted octanol–water partition coefficient (Wildman–Crippen LogP) is 4.93. The van der Waals surface area contributed by atoms with Crippen LogP contribution in [0.2, 0.25) is 0 Å². The molecule has 0 unspecified atom stereocenters. The number of amides is 1. The largest absolute Gasteiger partial charge is 0.504 e. The second-order valence-corrected chi connectivity index (χ2v) is 8.96. The first-order valence-corrected chi connectivity index (χ1v) is 10.7. The van der Waals surface area contributed by atoms with Gasteiger partial charge in [-0.25, -0.2) is 0 Å². The minimum atomic E-state index is 0.00273. The summed E-state index contributed by atoms with van der Waals surface area (Å²) in [5, 5.41) is 10.1. The van der Waals surface area contributed by atoms with Gasteiger partial charge >= 0.3 is 0 Å². The Morgan fingerprint density at radius 2 is 2.12 bits per heavy atom. The van der Waals surface area contributed by atoms with Gasteiger partial charge in [0.15, 0.2) is 11.5 Å². The van der Waals surface area contributed by atoms with Crippen molar-refractivity contribution in [2.24, 2.45) is 0 Å². The second-order valence-electron chi connectivity index (χ2n) is 6.13. The van der Waals surface area contributed by atoms with Crippen molar-refractivity contribution < 1.29 is 14.6 Å². The number of phenolic OH excluding ortho intramolecular Hbond substituents is 1. The summed E-state index contributed by atoms with van der Waals surface area (Å²) in [6.07, 6.45) is 7.47. The topological polar surface area (TPSA) is 49.8 Å². The van der Waals surface area contributed by atoms with E-state index in [1.54, 1.807) is 11.0 Å². The number of phenols is 1. The summed E-state index contributed by atoms with van der Waals surface area (Å²) in [5.74, 6) is 0.570. The van der Waals surface area contributed by atoms with E-state index in [0.29, 0.717) is 25.2 Å². The molecule has 1 saturated carbocycles. The Hall–Kier alpha value is -0.800. The molecule has 0 aromatic heterocycles. The molecule has 7 heteroatoms. The van der Waals surface area contributed by atoms with E-state index in [4.69, 9.17) is 17.0 Å². The summed E-state index contributed by atoms with van der Waals surface area (Å²) in [5.41, 5.74) is 0.829. The van der Waals surface area contributed by atoms with Gasteiger partial charge in [-0.2, -0.15) is 0 Å². The van der Waals surface area contributed by atoms with E-state index in [1.165, 1.54) is 18.2 Å². The maximum Gasteiger partial charge on any atom is 0.266 e. The number of hydrogen-bond donors (Lipinski definition) is 1. The van der Waals surface area contributed by atoms with Crippen LogP contribution in [-0.4, -0.2) is 32.9 Å². The molecule has 3 rings (SSSR count). The fourth-order valence-electron chi connectivity index (χ4n) is 3.23. The van der Waals surface area contributed by atoms with Crippen LogP contribution in [0.4, 0.5) is 0 Å². The first-order chi connectivity index (χ1) is 12.0. The lowest BCUT2D eigenvalue weighted by Crippen LogP contribution is -2.39. The van der Waals surface area contributed by atoms with Crippen molar-refractivity contribution in [1.82, 2.24) is 4.90 Å². The average Bonchev–Trinajstić information content (AvgIpc) is 2.87. The van der Waals surface area contributed by atoms with Crippen LogP contribution < -0.4 is 4.74 Å². The van der Waals surface area contributed by atoms with E-state index in [0.717, 1.165) is 31.2 Å². The van der Waals surface area contributed by atoms with Crippen LogP contribution in [-0.2, 0) is 4.79 Å². The molecule has 0 bridgehead atoms. The van der Waals surface area contributed by atoms with Gasteiger partial charge in [0, 0.05) is 6.04 Å². The first-order valence-electron chi connectivity index (χ1n) is 8.43. The maximum absolute atomic E-state index is 12.8. The zero-order valence-electron chi connectivity index (χ0n) is 14.0. The fourth-order valence-corrected chi connectivity index (χ4v) is 5.25. The second kappa shape index (κ2) is 8.26. The van der Waals surface area contributed by atoms with E-state index < -0.39 is 0 Å². The van der Waals surface area contributed by atoms with E-state index in [1.807, 2.05) is 19.1 Å². The molecule has 2 fully saturated rings. The molecule has 2 aliphatic rings. The summed E-state index contributed by atoms with van der Waals surface area (Å²) in [6, 6.07) is 3.84. The Morgan fingerprint density at radius 1 is 1.40 bits per heavy atom. The lowest BCUT2D eigenvalue weighted by Gasteiger charge is -2.29. The third kappa shape index (κ3) is 4.14. The van der Waals surface area contributed by atoms with Gasteiger partial charge in [0.1, 0.15) is 4.32 Å². The normalized spacial score (nSPS) is 20.6. The smallest absolute Gasteiger partial charge is 0.266 e. The monoisotopic (exact) mass is 489 g/mol.